The van der Waals surface area contributed by atoms with Crippen LogP contribution in [0.4, 0.5) is 0 Å². The van der Waals surface area contributed by atoms with Crippen LogP contribution in [0.3, 0.4) is 0 Å². The first-order valence-corrected chi connectivity index (χ1v) is 5.99. The van der Waals surface area contributed by atoms with Crippen molar-refractivity contribution in [3.63, 3.8) is 0 Å². The largest absolute Gasteiger partial charge is 0.285 e. The van der Waals surface area contributed by atoms with Gasteiger partial charge in [0.15, 0.2) is 0 Å². The number of rotatable bonds is 2. The van der Waals surface area contributed by atoms with Crippen LogP contribution < -0.4 is 0 Å². The molecule has 0 fully saturated rings. The highest BCUT2D eigenvalue weighted by Crippen LogP contribution is 2.24. The van der Waals surface area contributed by atoms with E-state index in [2.05, 4.69) is 65.7 Å². The molecule has 2 aromatic carbocycles. The van der Waals surface area contributed by atoms with Crippen LogP contribution in [0.15, 0.2) is 60.9 Å². The van der Waals surface area contributed by atoms with Crippen molar-refractivity contribution in [2.75, 3.05) is 0 Å². The van der Waals surface area contributed by atoms with Crippen molar-refractivity contribution in [1.29, 1.82) is 0 Å². The van der Waals surface area contributed by atoms with E-state index in [0.29, 0.717) is 0 Å². The van der Waals surface area contributed by atoms with E-state index in [1.807, 2.05) is 12.4 Å². The summed E-state index contributed by atoms with van der Waals surface area (Å²) in [5, 5.41) is 6.79. The van der Waals surface area contributed by atoms with Gasteiger partial charge in [-0.15, -0.1) is 0 Å². The van der Waals surface area contributed by atoms with E-state index in [-0.39, 0.29) is 0 Å². The lowest BCUT2D eigenvalue weighted by Gasteiger charge is -2.03. The van der Waals surface area contributed by atoms with Crippen LogP contribution in [0.25, 0.3) is 22.3 Å². The monoisotopic (exact) mass is 234 g/mol. The minimum atomic E-state index is 1.12. The molecule has 3 aromatic rings. The first kappa shape index (κ1) is 10.8. The molecule has 0 amide bonds. The molecule has 0 bridgehead atoms. The highest BCUT2D eigenvalue weighted by atomic mass is 15.1. The molecule has 0 saturated carbocycles. The highest BCUT2D eigenvalue weighted by molar-refractivity contribution is 5.69. The van der Waals surface area contributed by atoms with Gasteiger partial charge in [0.1, 0.15) is 0 Å². The molecule has 0 saturated heterocycles. The molecule has 0 atom stereocenters. The Labute approximate surface area is 106 Å². The Morgan fingerprint density at radius 1 is 0.722 bits per heavy atom. The van der Waals surface area contributed by atoms with E-state index in [4.69, 9.17) is 0 Å². The van der Waals surface area contributed by atoms with Crippen molar-refractivity contribution in [3.8, 4) is 22.3 Å². The Balaban J connectivity index is 1.94. The molecular weight excluding hydrogens is 220 g/mol. The summed E-state index contributed by atoms with van der Waals surface area (Å²) >= 11 is 0. The van der Waals surface area contributed by atoms with Crippen molar-refractivity contribution in [2.45, 2.75) is 6.92 Å². The molecule has 3 rings (SSSR count). The summed E-state index contributed by atoms with van der Waals surface area (Å²) in [6.45, 7) is 2.10. The molecule has 18 heavy (non-hydrogen) atoms. The number of hydrogen-bond donors (Lipinski definition) is 1. The quantitative estimate of drug-likeness (QED) is 0.712. The maximum absolute atomic E-state index is 3.96. The number of aromatic nitrogens is 2. The van der Waals surface area contributed by atoms with Crippen molar-refractivity contribution in [2.24, 2.45) is 0 Å². The van der Waals surface area contributed by atoms with E-state index in [0.717, 1.165) is 5.56 Å². The molecular formula is C16H14N2. The van der Waals surface area contributed by atoms with Crippen LogP contribution >= 0.6 is 0 Å². The number of hydrogen-bond acceptors (Lipinski definition) is 1. The van der Waals surface area contributed by atoms with Crippen molar-refractivity contribution in [1.82, 2.24) is 10.2 Å². The Bertz CT molecular complexity index is 620. The topological polar surface area (TPSA) is 28.7 Å². The van der Waals surface area contributed by atoms with Crippen molar-refractivity contribution in [3.05, 3.63) is 66.5 Å². The second kappa shape index (κ2) is 4.49. The smallest absolute Gasteiger partial charge is 0.0565 e. The molecule has 2 nitrogen and oxygen atoms in total. The van der Waals surface area contributed by atoms with Crippen LogP contribution in [0, 0.1) is 6.92 Å². The number of nitrogens with one attached hydrogen (secondary N) is 1. The van der Waals surface area contributed by atoms with E-state index in [9.17, 15) is 0 Å². The molecule has 1 heterocycles. The SMILES string of the molecule is Cc1ccc(-c2ccc(-c3cn[nH]c3)cc2)cc1. The van der Waals surface area contributed by atoms with Crippen LogP contribution in [0.5, 0.6) is 0 Å². The molecule has 0 aliphatic heterocycles. The zero-order valence-electron chi connectivity index (χ0n) is 10.2. The Morgan fingerprint density at radius 3 is 1.72 bits per heavy atom. The van der Waals surface area contributed by atoms with Crippen LogP contribution in [-0.4, -0.2) is 10.2 Å². The molecule has 0 aliphatic carbocycles. The standard InChI is InChI=1S/C16H14N2/c1-12-2-4-13(5-3-12)14-6-8-15(9-7-14)16-10-17-18-11-16/h2-11H,1H3,(H,17,18). The molecule has 0 spiro atoms. The number of H-pyrrole nitrogens is 1. The maximum Gasteiger partial charge on any atom is 0.0565 e. The Hall–Kier alpha value is -2.35. The third-order valence-corrected chi connectivity index (χ3v) is 3.10. The molecule has 88 valence electrons. The Kier molecular flexibility index (Phi) is 2.69. The van der Waals surface area contributed by atoms with Gasteiger partial charge in [-0.2, -0.15) is 5.10 Å². The average molecular weight is 234 g/mol. The fraction of sp³-hybridized carbons (Fsp3) is 0.0625. The lowest BCUT2D eigenvalue weighted by molar-refractivity contribution is 1.09. The van der Waals surface area contributed by atoms with Gasteiger partial charge in [-0.1, -0.05) is 54.1 Å². The summed E-state index contributed by atoms with van der Waals surface area (Å²) in [6.07, 6.45) is 3.74. The minimum Gasteiger partial charge on any atom is -0.285 e. The molecule has 0 aliphatic rings. The third-order valence-electron chi connectivity index (χ3n) is 3.10. The van der Waals surface area contributed by atoms with Gasteiger partial charge in [0.2, 0.25) is 0 Å². The van der Waals surface area contributed by atoms with E-state index < -0.39 is 0 Å². The summed E-state index contributed by atoms with van der Waals surface area (Å²) in [7, 11) is 0. The van der Waals surface area contributed by atoms with Gasteiger partial charge in [-0.3, -0.25) is 5.10 Å². The van der Waals surface area contributed by atoms with E-state index in [1.165, 1.54) is 22.3 Å². The predicted molar refractivity (Wildman–Crippen MR) is 74.2 cm³/mol. The zero-order valence-corrected chi connectivity index (χ0v) is 10.2. The molecule has 0 radical (unpaired) electrons. The van der Waals surface area contributed by atoms with E-state index in [1.54, 1.807) is 0 Å². The van der Waals surface area contributed by atoms with Gasteiger partial charge in [0, 0.05) is 11.8 Å². The van der Waals surface area contributed by atoms with Gasteiger partial charge < -0.3 is 0 Å². The summed E-state index contributed by atoms with van der Waals surface area (Å²) in [5.41, 5.74) is 6.07. The molecule has 1 aromatic heterocycles. The number of aryl methyl sites for hydroxylation is 1. The summed E-state index contributed by atoms with van der Waals surface area (Å²) in [5.74, 6) is 0. The molecule has 2 heteroatoms. The maximum atomic E-state index is 3.96. The second-order valence-electron chi connectivity index (χ2n) is 4.43. The van der Waals surface area contributed by atoms with Crippen molar-refractivity contribution >= 4 is 0 Å². The van der Waals surface area contributed by atoms with Crippen LogP contribution in [0.1, 0.15) is 5.56 Å². The fourth-order valence-corrected chi connectivity index (χ4v) is 2.01. The predicted octanol–water partition coefficient (Wildman–Crippen LogP) is 4.05. The first-order valence-electron chi connectivity index (χ1n) is 5.99. The fourth-order valence-electron chi connectivity index (χ4n) is 2.01. The van der Waals surface area contributed by atoms with Crippen molar-refractivity contribution < 1.29 is 0 Å². The van der Waals surface area contributed by atoms with Crippen LogP contribution in [0.2, 0.25) is 0 Å². The number of aromatic amines is 1. The average Bonchev–Trinajstić information content (AvgIpc) is 2.94. The van der Waals surface area contributed by atoms with Gasteiger partial charge in [0.25, 0.3) is 0 Å². The third kappa shape index (κ3) is 2.05. The molecule has 0 unspecified atom stereocenters. The van der Waals surface area contributed by atoms with Crippen LogP contribution in [-0.2, 0) is 0 Å². The zero-order chi connectivity index (χ0) is 12.4. The lowest BCUT2D eigenvalue weighted by Crippen LogP contribution is -1.79. The Morgan fingerprint density at radius 2 is 1.22 bits per heavy atom. The number of benzene rings is 2. The van der Waals surface area contributed by atoms with Gasteiger partial charge in [-0.05, 0) is 23.6 Å². The number of nitrogens with zero attached hydrogens (tertiary/aromatic N) is 1. The van der Waals surface area contributed by atoms with E-state index >= 15 is 0 Å². The second-order valence-corrected chi connectivity index (χ2v) is 4.43. The van der Waals surface area contributed by atoms with Gasteiger partial charge in [-0.25, -0.2) is 0 Å². The highest BCUT2D eigenvalue weighted by Gasteiger charge is 2.00. The summed E-state index contributed by atoms with van der Waals surface area (Å²) < 4.78 is 0. The summed E-state index contributed by atoms with van der Waals surface area (Å²) in [4.78, 5) is 0. The molecule has 1 N–H and O–H groups in total. The lowest BCUT2D eigenvalue weighted by atomic mass is 10.0. The first-order chi connectivity index (χ1) is 8.83. The minimum absolute atomic E-state index is 1.12. The van der Waals surface area contributed by atoms with Gasteiger partial charge >= 0.3 is 0 Å². The summed E-state index contributed by atoms with van der Waals surface area (Å²) in [6, 6.07) is 17.1. The van der Waals surface area contributed by atoms with Gasteiger partial charge in [0.05, 0.1) is 6.20 Å². The normalized spacial score (nSPS) is 10.5.